The summed E-state index contributed by atoms with van der Waals surface area (Å²) in [7, 11) is 0. The molecule has 0 atom stereocenters. The van der Waals surface area contributed by atoms with Crippen LogP contribution in [0.4, 0.5) is 0 Å². The van der Waals surface area contributed by atoms with Crippen LogP contribution in [0, 0.1) is 0 Å². The SMILES string of the molecule is CC(=O)c1cc([O])cc(C(C)=O)c1. The van der Waals surface area contributed by atoms with Crippen LogP contribution >= 0.6 is 0 Å². The fourth-order valence-electron chi connectivity index (χ4n) is 1.01. The molecule has 1 aromatic rings. The smallest absolute Gasteiger partial charge is 0.180 e. The molecule has 13 heavy (non-hydrogen) atoms. The van der Waals surface area contributed by atoms with E-state index >= 15 is 0 Å². The third-order valence-corrected chi connectivity index (χ3v) is 1.72. The minimum absolute atomic E-state index is 0.208. The third-order valence-electron chi connectivity index (χ3n) is 1.72. The van der Waals surface area contributed by atoms with E-state index in [0.29, 0.717) is 0 Å². The van der Waals surface area contributed by atoms with Gasteiger partial charge in [-0.3, -0.25) is 14.7 Å². The summed E-state index contributed by atoms with van der Waals surface area (Å²) in [4.78, 5) is 21.8. The van der Waals surface area contributed by atoms with E-state index in [0.717, 1.165) is 0 Å². The monoisotopic (exact) mass is 177 g/mol. The van der Waals surface area contributed by atoms with Crippen LogP contribution in [0.15, 0.2) is 18.2 Å². The summed E-state index contributed by atoms with van der Waals surface area (Å²) < 4.78 is 0. The second-order valence-corrected chi connectivity index (χ2v) is 2.86. The first-order chi connectivity index (χ1) is 6.00. The molecular formula is C10H9O3. The maximum atomic E-state index is 11.0. The summed E-state index contributed by atoms with van der Waals surface area (Å²) in [6, 6.07) is 3.90. The maximum absolute atomic E-state index is 11.0. The fourth-order valence-corrected chi connectivity index (χ4v) is 1.01. The first kappa shape index (κ1) is 9.45. The first-order valence-electron chi connectivity index (χ1n) is 3.84. The van der Waals surface area contributed by atoms with Gasteiger partial charge in [-0.15, -0.1) is 0 Å². The van der Waals surface area contributed by atoms with E-state index in [2.05, 4.69) is 0 Å². The van der Waals surface area contributed by atoms with Crippen molar-refractivity contribution in [1.82, 2.24) is 0 Å². The topological polar surface area (TPSA) is 54.0 Å². The van der Waals surface area contributed by atoms with Crippen LogP contribution in [0.3, 0.4) is 0 Å². The van der Waals surface area contributed by atoms with Gasteiger partial charge in [-0.05, 0) is 32.0 Å². The van der Waals surface area contributed by atoms with E-state index in [1.807, 2.05) is 0 Å². The van der Waals surface area contributed by atoms with Gasteiger partial charge in [0.2, 0.25) is 0 Å². The molecule has 1 aromatic carbocycles. The molecule has 3 nitrogen and oxygen atoms in total. The Morgan fingerprint density at radius 2 is 1.31 bits per heavy atom. The van der Waals surface area contributed by atoms with Crippen molar-refractivity contribution in [2.24, 2.45) is 0 Å². The average Bonchev–Trinajstić information content (AvgIpc) is 2.03. The molecule has 0 bridgehead atoms. The molecule has 0 aliphatic heterocycles. The summed E-state index contributed by atoms with van der Waals surface area (Å²) in [5.74, 6) is -0.724. The lowest BCUT2D eigenvalue weighted by atomic mass is 10.1. The standard InChI is InChI=1S/C10H9O3/c1-6(11)8-3-9(7(2)12)5-10(13)4-8/h3-5H,1-2H3. The van der Waals surface area contributed by atoms with Gasteiger partial charge in [0.1, 0.15) is 0 Å². The van der Waals surface area contributed by atoms with Crippen molar-refractivity contribution < 1.29 is 14.7 Å². The summed E-state index contributed by atoms with van der Waals surface area (Å²) in [5.41, 5.74) is 0.579. The van der Waals surface area contributed by atoms with Crippen molar-refractivity contribution in [2.75, 3.05) is 0 Å². The molecule has 0 aliphatic carbocycles. The molecule has 1 radical (unpaired) electrons. The van der Waals surface area contributed by atoms with Crippen LogP contribution in [-0.2, 0) is 5.11 Å². The molecule has 0 saturated heterocycles. The van der Waals surface area contributed by atoms with E-state index in [-0.39, 0.29) is 28.4 Å². The zero-order valence-electron chi connectivity index (χ0n) is 7.46. The fraction of sp³-hybridized carbons (Fsp3) is 0.200. The lowest BCUT2D eigenvalue weighted by Gasteiger charge is -1.99. The average molecular weight is 177 g/mol. The Labute approximate surface area is 76.0 Å². The number of rotatable bonds is 2. The highest BCUT2D eigenvalue weighted by atomic mass is 16.3. The number of carbonyl (C=O) groups excluding carboxylic acids is 2. The molecule has 0 N–H and O–H groups in total. The molecule has 3 heteroatoms. The number of hydrogen-bond donors (Lipinski definition) is 0. The Bertz CT molecular complexity index is 334. The molecular weight excluding hydrogens is 168 g/mol. The van der Waals surface area contributed by atoms with Crippen LogP contribution in [0.1, 0.15) is 34.6 Å². The Morgan fingerprint density at radius 1 is 0.923 bits per heavy atom. The van der Waals surface area contributed by atoms with Gasteiger partial charge in [0.25, 0.3) is 0 Å². The second-order valence-electron chi connectivity index (χ2n) is 2.86. The Morgan fingerprint density at radius 3 is 1.62 bits per heavy atom. The van der Waals surface area contributed by atoms with Gasteiger partial charge in [0.05, 0.1) is 0 Å². The van der Waals surface area contributed by atoms with Crippen molar-refractivity contribution >= 4 is 11.6 Å². The highest BCUT2D eigenvalue weighted by Gasteiger charge is 2.07. The molecule has 67 valence electrons. The minimum Gasteiger partial charge on any atom is -0.295 e. The summed E-state index contributed by atoms with van der Waals surface area (Å²) in [6.07, 6.45) is 0. The number of hydrogen-bond acceptors (Lipinski definition) is 2. The number of ketones is 2. The Kier molecular flexibility index (Phi) is 2.46. The van der Waals surface area contributed by atoms with E-state index in [1.54, 1.807) is 0 Å². The predicted molar refractivity (Wildman–Crippen MR) is 46.6 cm³/mol. The quantitative estimate of drug-likeness (QED) is 0.650. The molecule has 0 aliphatic rings. The lowest BCUT2D eigenvalue weighted by molar-refractivity contribution is 0.101. The first-order valence-corrected chi connectivity index (χ1v) is 3.84. The van der Waals surface area contributed by atoms with Crippen LogP contribution in [0.2, 0.25) is 0 Å². The molecule has 0 unspecified atom stereocenters. The summed E-state index contributed by atoms with van der Waals surface area (Å²) in [6.45, 7) is 2.72. The predicted octanol–water partition coefficient (Wildman–Crippen LogP) is 2.24. The Balaban J connectivity index is 3.26. The third kappa shape index (κ3) is 2.15. The normalized spacial score (nSPS) is 9.69. The highest BCUT2D eigenvalue weighted by molar-refractivity contribution is 6.00. The summed E-state index contributed by atoms with van der Waals surface area (Å²) in [5, 5.41) is 11.0. The molecule has 0 fully saturated rings. The molecule has 0 heterocycles. The molecule has 0 amide bonds. The molecule has 0 spiro atoms. The zero-order chi connectivity index (χ0) is 10.0. The number of carbonyl (C=O) groups is 2. The van der Waals surface area contributed by atoms with Crippen LogP contribution in [-0.4, -0.2) is 11.6 Å². The number of benzene rings is 1. The van der Waals surface area contributed by atoms with E-state index in [4.69, 9.17) is 0 Å². The Hall–Kier alpha value is -1.64. The highest BCUT2D eigenvalue weighted by Crippen LogP contribution is 2.17. The second kappa shape index (κ2) is 3.39. The van der Waals surface area contributed by atoms with Crippen molar-refractivity contribution in [3.63, 3.8) is 0 Å². The van der Waals surface area contributed by atoms with E-state index in [1.165, 1.54) is 32.0 Å². The van der Waals surface area contributed by atoms with Crippen LogP contribution in [0.5, 0.6) is 5.75 Å². The van der Waals surface area contributed by atoms with Crippen LogP contribution in [0.25, 0.3) is 0 Å². The van der Waals surface area contributed by atoms with Crippen LogP contribution < -0.4 is 0 Å². The van der Waals surface area contributed by atoms with Gasteiger partial charge in [-0.25, -0.2) is 0 Å². The maximum Gasteiger partial charge on any atom is 0.180 e. The van der Waals surface area contributed by atoms with Gasteiger partial charge in [0, 0.05) is 11.1 Å². The molecule has 1 rings (SSSR count). The van der Waals surface area contributed by atoms with Gasteiger partial charge in [0.15, 0.2) is 17.3 Å². The van der Waals surface area contributed by atoms with Crippen molar-refractivity contribution in [3.8, 4) is 5.75 Å². The van der Waals surface area contributed by atoms with Gasteiger partial charge in [-0.1, -0.05) is 0 Å². The molecule has 0 aromatic heterocycles. The lowest BCUT2D eigenvalue weighted by Crippen LogP contribution is -1.97. The van der Waals surface area contributed by atoms with Gasteiger partial charge >= 0.3 is 0 Å². The largest absolute Gasteiger partial charge is 0.295 e. The van der Waals surface area contributed by atoms with Crippen molar-refractivity contribution in [3.05, 3.63) is 29.3 Å². The van der Waals surface area contributed by atoms with E-state index in [9.17, 15) is 14.7 Å². The molecule has 0 saturated carbocycles. The zero-order valence-corrected chi connectivity index (χ0v) is 7.46. The summed E-state index contributed by atoms with van der Waals surface area (Å²) >= 11 is 0. The van der Waals surface area contributed by atoms with Crippen molar-refractivity contribution in [1.29, 1.82) is 0 Å². The van der Waals surface area contributed by atoms with Gasteiger partial charge in [-0.2, -0.15) is 0 Å². The minimum atomic E-state index is -0.307. The van der Waals surface area contributed by atoms with E-state index < -0.39 is 0 Å². The van der Waals surface area contributed by atoms with Crippen molar-refractivity contribution in [2.45, 2.75) is 13.8 Å². The number of Topliss-reactive ketones (excluding diaryl/α,β-unsaturated/α-hetero) is 2. The van der Waals surface area contributed by atoms with Gasteiger partial charge < -0.3 is 0 Å².